The van der Waals surface area contributed by atoms with Crippen molar-refractivity contribution >= 4 is 5.91 Å². The molecule has 0 bridgehead atoms. The lowest BCUT2D eigenvalue weighted by Gasteiger charge is -2.18. The first-order chi connectivity index (χ1) is 8.65. The Morgan fingerprint density at radius 3 is 3.06 bits per heavy atom. The van der Waals surface area contributed by atoms with E-state index in [9.17, 15) is 4.79 Å². The molecule has 0 spiro atoms. The Balaban J connectivity index is 1.92. The maximum absolute atomic E-state index is 11.5. The first kappa shape index (κ1) is 12.9. The van der Waals surface area contributed by atoms with Crippen molar-refractivity contribution in [2.75, 3.05) is 20.7 Å². The molecule has 1 amide bonds. The second-order valence-electron chi connectivity index (χ2n) is 4.82. The summed E-state index contributed by atoms with van der Waals surface area (Å²) < 4.78 is 5.57. The standard InChI is InChI=1S/C14H20N2O2/c1-16(2)15-14(17)8-6-11-5-7-13-12(10-11)4-3-9-18-13/h5,7,10H,3-4,6,8-9H2,1-2H3,(H,15,17). The Morgan fingerprint density at radius 1 is 1.44 bits per heavy atom. The highest BCUT2D eigenvalue weighted by Crippen LogP contribution is 2.25. The van der Waals surface area contributed by atoms with Crippen molar-refractivity contribution < 1.29 is 9.53 Å². The van der Waals surface area contributed by atoms with Gasteiger partial charge < -0.3 is 4.74 Å². The number of ether oxygens (including phenoxy) is 1. The molecule has 0 fully saturated rings. The quantitative estimate of drug-likeness (QED) is 0.822. The fourth-order valence-corrected chi connectivity index (χ4v) is 2.13. The van der Waals surface area contributed by atoms with Crippen LogP contribution >= 0.6 is 0 Å². The summed E-state index contributed by atoms with van der Waals surface area (Å²) in [6.07, 6.45) is 3.44. The summed E-state index contributed by atoms with van der Waals surface area (Å²) in [5.41, 5.74) is 5.22. The van der Waals surface area contributed by atoms with Crippen LogP contribution in [0.2, 0.25) is 0 Å². The molecule has 0 aromatic heterocycles. The minimum absolute atomic E-state index is 0.0500. The number of nitrogens with zero attached hydrogens (tertiary/aromatic N) is 1. The van der Waals surface area contributed by atoms with Crippen LogP contribution in [0.15, 0.2) is 18.2 Å². The van der Waals surface area contributed by atoms with Crippen molar-refractivity contribution in [2.45, 2.75) is 25.7 Å². The molecule has 4 heteroatoms. The summed E-state index contributed by atoms with van der Waals surface area (Å²) in [4.78, 5) is 11.5. The van der Waals surface area contributed by atoms with E-state index in [0.29, 0.717) is 6.42 Å². The molecule has 0 saturated carbocycles. The molecule has 1 aliphatic heterocycles. The number of nitrogens with one attached hydrogen (secondary N) is 1. The number of hydrogen-bond acceptors (Lipinski definition) is 3. The molecular weight excluding hydrogens is 228 g/mol. The van der Waals surface area contributed by atoms with Crippen LogP contribution in [0, 0.1) is 0 Å². The average molecular weight is 248 g/mol. The minimum atomic E-state index is 0.0500. The second kappa shape index (κ2) is 5.87. The van der Waals surface area contributed by atoms with Gasteiger partial charge in [-0.1, -0.05) is 12.1 Å². The molecular formula is C14H20N2O2. The van der Waals surface area contributed by atoms with Gasteiger partial charge in [0.15, 0.2) is 0 Å². The van der Waals surface area contributed by atoms with E-state index in [-0.39, 0.29) is 5.91 Å². The summed E-state index contributed by atoms with van der Waals surface area (Å²) in [6.45, 7) is 0.817. The third-order valence-electron chi connectivity index (χ3n) is 2.96. The fourth-order valence-electron chi connectivity index (χ4n) is 2.13. The highest BCUT2D eigenvalue weighted by atomic mass is 16.5. The van der Waals surface area contributed by atoms with Gasteiger partial charge >= 0.3 is 0 Å². The van der Waals surface area contributed by atoms with Crippen LogP contribution in [0.3, 0.4) is 0 Å². The van der Waals surface area contributed by atoms with Crippen molar-refractivity contribution in [3.8, 4) is 5.75 Å². The van der Waals surface area contributed by atoms with E-state index in [1.54, 1.807) is 5.01 Å². The topological polar surface area (TPSA) is 41.6 Å². The molecule has 1 heterocycles. The molecule has 0 unspecified atom stereocenters. The molecule has 0 saturated heterocycles. The van der Waals surface area contributed by atoms with E-state index in [2.05, 4.69) is 11.5 Å². The first-order valence-corrected chi connectivity index (χ1v) is 6.36. The fraction of sp³-hybridized carbons (Fsp3) is 0.500. The van der Waals surface area contributed by atoms with Gasteiger partial charge in [0.2, 0.25) is 5.91 Å². The Bertz CT molecular complexity index is 430. The Hall–Kier alpha value is -1.55. The zero-order chi connectivity index (χ0) is 13.0. The van der Waals surface area contributed by atoms with Crippen molar-refractivity contribution in [3.05, 3.63) is 29.3 Å². The van der Waals surface area contributed by atoms with Crippen LogP contribution in [0.5, 0.6) is 5.75 Å². The number of carbonyl (C=O) groups is 1. The van der Waals surface area contributed by atoms with Gasteiger partial charge in [-0.15, -0.1) is 0 Å². The number of hydrogen-bond donors (Lipinski definition) is 1. The molecule has 0 atom stereocenters. The molecule has 2 rings (SSSR count). The van der Waals surface area contributed by atoms with E-state index in [0.717, 1.165) is 31.6 Å². The summed E-state index contributed by atoms with van der Waals surface area (Å²) in [5, 5.41) is 1.67. The Labute approximate surface area is 108 Å². The highest BCUT2D eigenvalue weighted by Gasteiger charge is 2.11. The van der Waals surface area contributed by atoms with Gasteiger partial charge in [-0.2, -0.15) is 0 Å². The predicted octanol–water partition coefficient (Wildman–Crippen LogP) is 1.54. The molecule has 0 aliphatic carbocycles. The molecule has 98 valence electrons. The molecule has 4 nitrogen and oxygen atoms in total. The van der Waals surface area contributed by atoms with E-state index < -0.39 is 0 Å². The number of rotatable bonds is 4. The zero-order valence-electron chi connectivity index (χ0n) is 11.0. The van der Waals surface area contributed by atoms with Gasteiger partial charge in [-0.05, 0) is 36.5 Å². The number of fused-ring (bicyclic) bond motifs is 1. The van der Waals surface area contributed by atoms with Crippen LogP contribution in [-0.2, 0) is 17.6 Å². The van der Waals surface area contributed by atoms with Crippen LogP contribution in [-0.4, -0.2) is 31.6 Å². The van der Waals surface area contributed by atoms with Crippen molar-refractivity contribution in [2.24, 2.45) is 0 Å². The van der Waals surface area contributed by atoms with E-state index in [4.69, 9.17) is 4.74 Å². The monoisotopic (exact) mass is 248 g/mol. The average Bonchev–Trinajstić information content (AvgIpc) is 2.35. The first-order valence-electron chi connectivity index (χ1n) is 6.36. The summed E-state index contributed by atoms with van der Waals surface area (Å²) in [7, 11) is 3.63. The number of carbonyl (C=O) groups excluding carboxylic acids is 1. The number of amides is 1. The van der Waals surface area contributed by atoms with E-state index >= 15 is 0 Å². The molecule has 1 aliphatic rings. The van der Waals surface area contributed by atoms with E-state index in [1.165, 1.54) is 11.1 Å². The SMILES string of the molecule is CN(C)NC(=O)CCc1ccc2c(c1)CCCO2. The minimum Gasteiger partial charge on any atom is -0.493 e. The summed E-state index contributed by atoms with van der Waals surface area (Å²) in [5.74, 6) is 1.05. The lowest BCUT2D eigenvalue weighted by atomic mass is 10.0. The molecule has 1 aromatic carbocycles. The van der Waals surface area contributed by atoms with Gasteiger partial charge in [-0.3, -0.25) is 10.2 Å². The number of hydrazine groups is 1. The van der Waals surface area contributed by atoms with Crippen LogP contribution in [0.25, 0.3) is 0 Å². The molecule has 18 heavy (non-hydrogen) atoms. The van der Waals surface area contributed by atoms with Gasteiger partial charge in [0.05, 0.1) is 6.61 Å². The predicted molar refractivity (Wildman–Crippen MR) is 70.4 cm³/mol. The number of benzene rings is 1. The van der Waals surface area contributed by atoms with Gasteiger partial charge in [0, 0.05) is 20.5 Å². The Kier molecular flexibility index (Phi) is 4.20. The van der Waals surface area contributed by atoms with Crippen molar-refractivity contribution in [3.63, 3.8) is 0 Å². The summed E-state index contributed by atoms with van der Waals surface area (Å²) >= 11 is 0. The molecule has 0 radical (unpaired) electrons. The molecule has 1 aromatic rings. The highest BCUT2D eigenvalue weighted by molar-refractivity contribution is 5.75. The van der Waals surface area contributed by atoms with Gasteiger partial charge in [0.1, 0.15) is 5.75 Å². The second-order valence-corrected chi connectivity index (χ2v) is 4.82. The van der Waals surface area contributed by atoms with Crippen molar-refractivity contribution in [1.82, 2.24) is 10.4 Å². The third kappa shape index (κ3) is 3.47. The van der Waals surface area contributed by atoms with Crippen LogP contribution in [0.1, 0.15) is 24.0 Å². The normalized spacial score (nSPS) is 13.9. The third-order valence-corrected chi connectivity index (χ3v) is 2.96. The van der Waals surface area contributed by atoms with Gasteiger partial charge in [0.25, 0.3) is 0 Å². The largest absolute Gasteiger partial charge is 0.493 e. The zero-order valence-corrected chi connectivity index (χ0v) is 11.0. The van der Waals surface area contributed by atoms with Crippen LogP contribution in [0.4, 0.5) is 0 Å². The lowest BCUT2D eigenvalue weighted by molar-refractivity contribution is -0.124. The number of aryl methyl sites for hydroxylation is 2. The smallest absolute Gasteiger partial charge is 0.234 e. The maximum Gasteiger partial charge on any atom is 0.234 e. The lowest BCUT2D eigenvalue weighted by Crippen LogP contribution is -2.36. The van der Waals surface area contributed by atoms with Gasteiger partial charge in [-0.25, -0.2) is 5.01 Å². The maximum atomic E-state index is 11.5. The van der Waals surface area contributed by atoms with E-state index in [1.807, 2.05) is 26.2 Å². The van der Waals surface area contributed by atoms with Crippen LogP contribution < -0.4 is 10.2 Å². The molecule has 1 N–H and O–H groups in total. The van der Waals surface area contributed by atoms with Crippen molar-refractivity contribution in [1.29, 1.82) is 0 Å². The summed E-state index contributed by atoms with van der Waals surface area (Å²) in [6, 6.07) is 6.23. The Morgan fingerprint density at radius 2 is 2.28 bits per heavy atom.